The first-order valence-electron chi connectivity index (χ1n) is 5.49. The van der Waals surface area contributed by atoms with Crippen LogP contribution in [0.2, 0.25) is 0 Å². The lowest BCUT2D eigenvalue weighted by Crippen LogP contribution is -2.32. The lowest BCUT2D eigenvalue weighted by molar-refractivity contribution is 0.222. The number of carbonyl (C=O) groups excluding carboxylic acids is 1. The number of aryl methyl sites for hydroxylation is 1. The average Bonchev–Trinajstić information content (AvgIpc) is 2.87. The summed E-state index contributed by atoms with van der Waals surface area (Å²) in [7, 11) is 1.81. The lowest BCUT2D eigenvalue weighted by atomic mass is 10.3. The Hall–Kier alpha value is -1.56. The van der Waals surface area contributed by atoms with Gasteiger partial charge in [-0.3, -0.25) is 10.00 Å². The Morgan fingerprint density at radius 3 is 2.88 bits per heavy atom. The Balaban J connectivity index is 2.04. The maximum Gasteiger partial charge on any atom is 0.323 e. The highest BCUT2D eigenvalue weighted by Crippen LogP contribution is 2.14. The van der Waals surface area contributed by atoms with Crippen molar-refractivity contribution in [2.75, 3.05) is 18.4 Å². The summed E-state index contributed by atoms with van der Waals surface area (Å²) in [5, 5.41) is 6.97. The van der Waals surface area contributed by atoms with Gasteiger partial charge in [-0.1, -0.05) is 0 Å². The molecule has 1 aliphatic rings. The molecule has 2 amide bonds. The van der Waals surface area contributed by atoms with Gasteiger partial charge in [-0.25, -0.2) is 4.79 Å². The van der Waals surface area contributed by atoms with Crippen LogP contribution in [-0.2, 0) is 13.6 Å². The first-order chi connectivity index (χ1) is 7.70. The first kappa shape index (κ1) is 10.9. The van der Waals surface area contributed by atoms with E-state index in [9.17, 15) is 4.79 Å². The van der Waals surface area contributed by atoms with Gasteiger partial charge >= 0.3 is 6.03 Å². The molecule has 6 nitrogen and oxygen atoms in total. The molecular formula is C10H17N5O. The van der Waals surface area contributed by atoms with Crippen molar-refractivity contribution in [3.63, 3.8) is 0 Å². The van der Waals surface area contributed by atoms with E-state index in [0.717, 1.165) is 31.5 Å². The lowest BCUT2D eigenvalue weighted by Gasteiger charge is -2.15. The minimum Gasteiger partial charge on any atom is -0.326 e. The standard InChI is InChI=1S/C10H17N5O/c1-14-7-8(6-11)9(13-14)12-10(16)15-4-2-3-5-15/h7H,2-6,11H2,1H3,(H,12,13,16). The number of nitrogens with zero attached hydrogens (tertiary/aromatic N) is 3. The second-order valence-corrected chi connectivity index (χ2v) is 4.01. The number of nitrogens with two attached hydrogens (primary N) is 1. The highest BCUT2D eigenvalue weighted by Gasteiger charge is 2.19. The van der Waals surface area contributed by atoms with Gasteiger partial charge in [-0.15, -0.1) is 0 Å². The highest BCUT2D eigenvalue weighted by molar-refractivity contribution is 5.89. The summed E-state index contributed by atoms with van der Waals surface area (Å²) in [6, 6.07) is -0.0779. The number of anilines is 1. The SMILES string of the molecule is Cn1cc(CN)c(NC(=O)N2CCCC2)n1. The summed E-state index contributed by atoms with van der Waals surface area (Å²) in [6.45, 7) is 2.04. The third-order valence-electron chi connectivity index (χ3n) is 2.74. The number of aromatic nitrogens is 2. The van der Waals surface area contributed by atoms with E-state index < -0.39 is 0 Å². The molecule has 0 bridgehead atoms. The molecule has 0 radical (unpaired) electrons. The van der Waals surface area contributed by atoms with Gasteiger partial charge in [0.25, 0.3) is 0 Å². The molecule has 1 aromatic heterocycles. The number of likely N-dealkylation sites (tertiary alicyclic amines) is 1. The summed E-state index contributed by atoms with van der Waals surface area (Å²) in [6.07, 6.45) is 3.98. The number of hydrogen-bond acceptors (Lipinski definition) is 3. The van der Waals surface area contributed by atoms with Crippen molar-refractivity contribution >= 4 is 11.8 Å². The molecule has 0 atom stereocenters. The Morgan fingerprint density at radius 1 is 1.56 bits per heavy atom. The number of carbonyl (C=O) groups is 1. The Morgan fingerprint density at radius 2 is 2.25 bits per heavy atom. The molecule has 3 N–H and O–H groups in total. The molecule has 16 heavy (non-hydrogen) atoms. The summed E-state index contributed by atoms with van der Waals surface area (Å²) in [5.41, 5.74) is 6.43. The molecule has 1 aliphatic heterocycles. The fourth-order valence-electron chi connectivity index (χ4n) is 1.89. The van der Waals surface area contributed by atoms with Gasteiger partial charge in [-0.05, 0) is 12.8 Å². The van der Waals surface area contributed by atoms with Gasteiger partial charge in [0.1, 0.15) is 0 Å². The van der Waals surface area contributed by atoms with Crippen molar-refractivity contribution in [3.05, 3.63) is 11.8 Å². The third-order valence-corrected chi connectivity index (χ3v) is 2.74. The molecule has 0 spiro atoms. The summed E-state index contributed by atoms with van der Waals surface area (Å²) < 4.78 is 1.65. The molecule has 0 aliphatic carbocycles. The number of rotatable bonds is 2. The van der Waals surface area contributed by atoms with Gasteiger partial charge in [0.2, 0.25) is 0 Å². The predicted octanol–water partition coefficient (Wildman–Crippen LogP) is 0.506. The zero-order chi connectivity index (χ0) is 11.5. The number of nitrogens with one attached hydrogen (secondary N) is 1. The van der Waals surface area contributed by atoms with E-state index in [1.165, 1.54) is 0 Å². The third kappa shape index (κ3) is 2.16. The number of urea groups is 1. The average molecular weight is 223 g/mol. The van der Waals surface area contributed by atoms with E-state index in [-0.39, 0.29) is 6.03 Å². The van der Waals surface area contributed by atoms with Crippen LogP contribution in [0.3, 0.4) is 0 Å². The fraction of sp³-hybridized carbons (Fsp3) is 0.600. The Labute approximate surface area is 94.4 Å². The van der Waals surface area contributed by atoms with Crippen molar-refractivity contribution < 1.29 is 4.79 Å². The van der Waals surface area contributed by atoms with E-state index in [2.05, 4.69) is 10.4 Å². The van der Waals surface area contributed by atoms with E-state index in [1.807, 2.05) is 13.2 Å². The van der Waals surface area contributed by atoms with Gasteiger partial charge < -0.3 is 10.6 Å². The maximum atomic E-state index is 11.8. The second-order valence-electron chi connectivity index (χ2n) is 4.01. The van der Waals surface area contributed by atoms with Crippen LogP contribution in [0.1, 0.15) is 18.4 Å². The largest absolute Gasteiger partial charge is 0.326 e. The number of hydrogen-bond donors (Lipinski definition) is 2. The van der Waals surface area contributed by atoms with Crippen molar-refractivity contribution in [2.24, 2.45) is 12.8 Å². The van der Waals surface area contributed by atoms with Crippen LogP contribution in [0.15, 0.2) is 6.20 Å². The van der Waals surface area contributed by atoms with E-state index in [0.29, 0.717) is 12.4 Å². The number of amides is 2. The van der Waals surface area contributed by atoms with Crippen molar-refractivity contribution in [3.8, 4) is 0 Å². The first-order valence-corrected chi connectivity index (χ1v) is 5.49. The fourth-order valence-corrected chi connectivity index (χ4v) is 1.89. The molecule has 2 heterocycles. The minimum atomic E-state index is -0.0779. The molecule has 1 saturated heterocycles. The predicted molar refractivity (Wildman–Crippen MR) is 60.9 cm³/mol. The van der Waals surface area contributed by atoms with Crippen LogP contribution in [0.5, 0.6) is 0 Å². The topological polar surface area (TPSA) is 76.2 Å². The van der Waals surface area contributed by atoms with Gasteiger partial charge in [-0.2, -0.15) is 5.10 Å². The maximum absolute atomic E-state index is 11.8. The molecule has 2 rings (SSSR count). The monoisotopic (exact) mass is 223 g/mol. The smallest absolute Gasteiger partial charge is 0.323 e. The van der Waals surface area contributed by atoms with Gasteiger partial charge in [0.15, 0.2) is 5.82 Å². The molecule has 1 aromatic rings. The van der Waals surface area contributed by atoms with Crippen molar-refractivity contribution in [1.29, 1.82) is 0 Å². The zero-order valence-electron chi connectivity index (χ0n) is 9.44. The second kappa shape index (κ2) is 4.52. The quantitative estimate of drug-likeness (QED) is 0.766. The van der Waals surface area contributed by atoms with E-state index in [4.69, 9.17) is 5.73 Å². The van der Waals surface area contributed by atoms with E-state index >= 15 is 0 Å². The molecule has 0 aromatic carbocycles. The minimum absolute atomic E-state index is 0.0779. The molecule has 6 heteroatoms. The van der Waals surface area contributed by atoms with Crippen LogP contribution in [0, 0.1) is 0 Å². The van der Waals surface area contributed by atoms with Gasteiger partial charge in [0.05, 0.1) is 0 Å². The molecule has 1 fully saturated rings. The van der Waals surface area contributed by atoms with Crippen LogP contribution in [0.25, 0.3) is 0 Å². The van der Waals surface area contributed by atoms with Crippen molar-refractivity contribution in [2.45, 2.75) is 19.4 Å². The summed E-state index contributed by atoms with van der Waals surface area (Å²) >= 11 is 0. The molecule has 88 valence electrons. The normalized spacial score (nSPS) is 15.5. The summed E-state index contributed by atoms with van der Waals surface area (Å²) in [4.78, 5) is 13.6. The van der Waals surface area contributed by atoms with Crippen LogP contribution >= 0.6 is 0 Å². The van der Waals surface area contributed by atoms with E-state index in [1.54, 1.807) is 9.58 Å². The zero-order valence-corrected chi connectivity index (χ0v) is 9.44. The molecule has 0 unspecified atom stereocenters. The Kier molecular flexibility index (Phi) is 3.09. The molecule has 0 saturated carbocycles. The highest BCUT2D eigenvalue weighted by atomic mass is 16.2. The van der Waals surface area contributed by atoms with Crippen LogP contribution in [-0.4, -0.2) is 33.8 Å². The van der Waals surface area contributed by atoms with Crippen LogP contribution < -0.4 is 11.1 Å². The molecular weight excluding hydrogens is 206 g/mol. The van der Waals surface area contributed by atoms with Crippen LogP contribution in [0.4, 0.5) is 10.6 Å². The Bertz CT molecular complexity index is 381. The van der Waals surface area contributed by atoms with Gasteiger partial charge in [0, 0.05) is 38.4 Å². The van der Waals surface area contributed by atoms with Crippen molar-refractivity contribution in [1.82, 2.24) is 14.7 Å². The summed E-state index contributed by atoms with van der Waals surface area (Å²) in [5.74, 6) is 0.571.